The molecule has 0 spiro atoms. The van der Waals surface area contributed by atoms with Crippen LogP contribution in [0.25, 0.3) is 0 Å². The van der Waals surface area contributed by atoms with Crippen LogP contribution in [-0.4, -0.2) is 15.1 Å². The Morgan fingerprint density at radius 2 is 2.21 bits per heavy atom. The monoisotopic (exact) mass is 206 g/mol. The van der Waals surface area contributed by atoms with Gasteiger partial charge in [0.15, 0.2) is 0 Å². The molecule has 0 aliphatic rings. The molecule has 1 unspecified atom stereocenters. The molecule has 72 valence electrons. The number of aliphatic hydroxyl groups is 1. The zero-order chi connectivity index (χ0) is 9.97. The van der Waals surface area contributed by atoms with Gasteiger partial charge in [-0.2, -0.15) is 0 Å². The number of pyridine rings is 1. The average molecular weight is 206 g/mol. The lowest BCUT2D eigenvalue weighted by molar-refractivity contribution is 0.219. The third kappa shape index (κ3) is 1.81. The molecule has 0 aromatic carbocycles. The van der Waals surface area contributed by atoms with Gasteiger partial charge >= 0.3 is 0 Å². The lowest BCUT2D eigenvalue weighted by Crippen LogP contribution is -1.99. The van der Waals surface area contributed by atoms with Crippen LogP contribution in [-0.2, 0) is 0 Å². The maximum atomic E-state index is 9.88. The number of aliphatic hydroxyl groups excluding tert-OH is 1. The molecule has 1 atom stereocenters. The highest BCUT2D eigenvalue weighted by atomic mass is 32.1. The van der Waals surface area contributed by atoms with Gasteiger partial charge in [-0.15, -0.1) is 11.3 Å². The number of hydrogen-bond donors (Lipinski definition) is 1. The van der Waals surface area contributed by atoms with E-state index in [-0.39, 0.29) is 0 Å². The Morgan fingerprint density at radius 1 is 1.36 bits per heavy atom. The molecule has 0 amide bonds. The third-order valence-corrected chi connectivity index (χ3v) is 2.76. The summed E-state index contributed by atoms with van der Waals surface area (Å²) in [5.74, 6) is 0. The Bertz CT molecular complexity index is 397. The summed E-state index contributed by atoms with van der Waals surface area (Å²) in [5, 5.41) is 12.4. The first-order valence-electron chi connectivity index (χ1n) is 4.27. The van der Waals surface area contributed by atoms with Crippen LogP contribution >= 0.6 is 11.3 Å². The van der Waals surface area contributed by atoms with E-state index in [2.05, 4.69) is 9.97 Å². The average Bonchev–Trinajstić information content (AvgIpc) is 2.71. The molecule has 4 heteroatoms. The van der Waals surface area contributed by atoms with E-state index < -0.39 is 6.10 Å². The fourth-order valence-electron chi connectivity index (χ4n) is 1.15. The molecule has 3 nitrogen and oxygen atoms in total. The van der Waals surface area contributed by atoms with E-state index in [1.165, 1.54) is 11.3 Å². The number of thiazole rings is 1. The maximum Gasteiger partial charge on any atom is 0.132 e. The summed E-state index contributed by atoms with van der Waals surface area (Å²) in [6.45, 7) is 1.92. The van der Waals surface area contributed by atoms with E-state index in [0.29, 0.717) is 5.01 Å². The summed E-state index contributed by atoms with van der Waals surface area (Å²) in [6, 6.07) is 3.75. The largest absolute Gasteiger partial charge is 0.381 e. The molecular formula is C10H10N2OS. The quantitative estimate of drug-likeness (QED) is 0.816. The molecule has 14 heavy (non-hydrogen) atoms. The standard InChI is InChI=1S/C10H10N2OS/c1-7-2-3-8(6-12-7)9(13)10-11-4-5-14-10/h2-6,9,13H,1H3. The topological polar surface area (TPSA) is 46.0 Å². The van der Waals surface area contributed by atoms with Crippen molar-refractivity contribution in [2.75, 3.05) is 0 Å². The molecule has 0 saturated carbocycles. The third-order valence-electron chi connectivity index (χ3n) is 1.94. The first-order chi connectivity index (χ1) is 6.77. The smallest absolute Gasteiger partial charge is 0.132 e. The van der Waals surface area contributed by atoms with Gasteiger partial charge in [0.05, 0.1) is 0 Å². The molecule has 0 aliphatic carbocycles. The zero-order valence-corrected chi connectivity index (χ0v) is 8.53. The predicted octanol–water partition coefficient (Wildman–Crippen LogP) is 1.93. The van der Waals surface area contributed by atoms with Crippen molar-refractivity contribution in [2.24, 2.45) is 0 Å². The fraction of sp³-hybridized carbons (Fsp3) is 0.200. The number of rotatable bonds is 2. The first-order valence-corrected chi connectivity index (χ1v) is 5.15. The second-order valence-corrected chi connectivity index (χ2v) is 3.93. The Hall–Kier alpha value is -1.26. The minimum Gasteiger partial charge on any atom is -0.381 e. The fourth-order valence-corrected chi connectivity index (χ4v) is 1.80. The van der Waals surface area contributed by atoms with E-state index in [0.717, 1.165) is 11.3 Å². The van der Waals surface area contributed by atoms with Crippen LogP contribution in [0.3, 0.4) is 0 Å². The van der Waals surface area contributed by atoms with Crippen LogP contribution in [0.4, 0.5) is 0 Å². The highest BCUT2D eigenvalue weighted by Gasteiger charge is 2.12. The highest BCUT2D eigenvalue weighted by Crippen LogP contribution is 2.22. The molecule has 0 saturated heterocycles. The minimum atomic E-state index is -0.650. The molecule has 0 radical (unpaired) electrons. The van der Waals surface area contributed by atoms with Crippen molar-refractivity contribution < 1.29 is 5.11 Å². The van der Waals surface area contributed by atoms with Crippen LogP contribution in [0.15, 0.2) is 29.9 Å². The van der Waals surface area contributed by atoms with E-state index in [9.17, 15) is 5.11 Å². The number of aromatic nitrogens is 2. The molecular weight excluding hydrogens is 196 g/mol. The summed E-state index contributed by atoms with van der Waals surface area (Å²) in [5.41, 5.74) is 1.73. The van der Waals surface area contributed by atoms with Crippen molar-refractivity contribution in [1.29, 1.82) is 0 Å². The second-order valence-electron chi connectivity index (χ2n) is 3.01. The van der Waals surface area contributed by atoms with Gasteiger partial charge in [-0.05, 0) is 13.0 Å². The van der Waals surface area contributed by atoms with Crippen LogP contribution < -0.4 is 0 Å². The Kier molecular flexibility index (Phi) is 2.56. The van der Waals surface area contributed by atoms with Crippen molar-refractivity contribution in [2.45, 2.75) is 13.0 Å². The summed E-state index contributed by atoms with van der Waals surface area (Å²) in [7, 11) is 0. The molecule has 2 rings (SSSR count). The van der Waals surface area contributed by atoms with E-state index >= 15 is 0 Å². The molecule has 0 aliphatic heterocycles. The summed E-state index contributed by atoms with van der Waals surface area (Å²) in [4.78, 5) is 8.18. The lowest BCUT2D eigenvalue weighted by Gasteiger charge is -2.06. The van der Waals surface area contributed by atoms with Gasteiger partial charge in [-0.1, -0.05) is 6.07 Å². The van der Waals surface area contributed by atoms with Gasteiger partial charge in [-0.3, -0.25) is 4.98 Å². The Morgan fingerprint density at radius 3 is 2.79 bits per heavy atom. The SMILES string of the molecule is Cc1ccc(C(O)c2nccs2)cn1. The van der Waals surface area contributed by atoms with Gasteiger partial charge in [-0.25, -0.2) is 4.98 Å². The van der Waals surface area contributed by atoms with Crippen LogP contribution in [0, 0.1) is 6.92 Å². The highest BCUT2D eigenvalue weighted by molar-refractivity contribution is 7.09. The summed E-state index contributed by atoms with van der Waals surface area (Å²) in [6.07, 6.45) is 2.72. The Balaban J connectivity index is 2.28. The van der Waals surface area contributed by atoms with Gasteiger partial charge in [0.2, 0.25) is 0 Å². The second kappa shape index (κ2) is 3.86. The number of hydrogen-bond acceptors (Lipinski definition) is 4. The van der Waals surface area contributed by atoms with Crippen molar-refractivity contribution in [3.05, 3.63) is 46.2 Å². The van der Waals surface area contributed by atoms with E-state index in [1.807, 2.05) is 24.4 Å². The van der Waals surface area contributed by atoms with Crippen molar-refractivity contribution in [3.63, 3.8) is 0 Å². The molecule has 2 aromatic heterocycles. The molecule has 2 heterocycles. The van der Waals surface area contributed by atoms with Crippen molar-refractivity contribution >= 4 is 11.3 Å². The van der Waals surface area contributed by atoms with Gasteiger partial charge < -0.3 is 5.11 Å². The molecule has 0 bridgehead atoms. The Labute approximate surface area is 86.1 Å². The van der Waals surface area contributed by atoms with Crippen LogP contribution in [0.2, 0.25) is 0 Å². The van der Waals surface area contributed by atoms with E-state index in [1.54, 1.807) is 12.4 Å². The minimum absolute atomic E-state index is 0.650. The molecule has 0 fully saturated rings. The summed E-state index contributed by atoms with van der Waals surface area (Å²) < 4.78 is 0. The first kappa shape index (κ1) is 9.30. The van der Waals surface area contributed by atoms with Gasteiger partial charge in [0, 0.05) is 29.0 Å². The zero-order valence-electron chi connectivity index (χ0n) is 7.71. The summed E-state index contributed by atoms with van der Waals surface area (Å²) >= 11 is 1.44. The maximum absolute atomic E-state index is 9.88. The number of nitrogens with zero attached hydrogens (tertiary/aromatic N) is 2. The normalized spacial score (nSPS) is 12.7. The van der Waals surface area contributed by atoms with Crippen molar-refractivity contribution in [3.8, 4) is 0 Å². The van der Waals surface area contributed by atoms with Crippen molar-refractivity contribution in [1.82, 2.24) is 9.97 Å². The van der Waals surface area contributed by atoms with Gasteiger partial charge in [0.25, 0.3) is 0 Å². The molecule has 1 N–H and O–H groups in total. The van der Waals surface area contributed by atoms with E-state index in [4.69, 9.17) is 0 Å². The van der Waals surface area contributed by atoms with Crippen LogP contribution in [0.1, 0.15) is 22.4 Å². The molecule has 2 aromatic rings. The number of aryl methyl sites for hydroxylation is 1. The predicted molar refractivity (Wildman–Crippen MR) is 55.1 cm³/mol. The lowest BCUT2D eigenvalue weighted by atomic mass is 10.1. The van der Waals surface area contributed by atoms with Gasteiger partial charge in [0.1, 0.15) is 11.1 Å². The van der Waals surface area contributed by atoms with Crippen LogP contribution in [0.5, 0.6) is 0 Å².